The summed E-state index contributed by atoms with van der Waals surface area (Å²) in [4.78, 5) is 11.5. The number of rotatable bonds is 5. The van der Waals surface area contributed by atoms with E-state index in [2.05, 4.69) is 5.32 Å². The van der Waals surface area contributed by atoms with Crippen molar-refractivity contribution in [2.24, 2.45) is 5.84 Å². The number of ether oxygens (including phenoxy) is 1. The van der Waals surface area contributed by atoms with Gasteiger partial charge in [0.15, 0.2) is 0 Å². The van der Waals surface area contributed by atoms with Crippen molar-refractivity contribution in [3.8, 4) is 0 Å². The van der Waals surface area contributed by atoms with E-state index in [4.69, 9.17) is 10.6 Å². The van der Waals surface area contributed by atoms with Crippen LogP contribution in [-0.4, -0.2) is 12.7 Å². The highest BCUT2D eigenvalue weighted by molar-refractivity contribution is 5.86. The fraction of sp³-hybridized carbons (Fsp3) is 0.235. The molecule has 8 heteroatoms. The Balaban J connectivity index is 1.99. The second kappa shape index (κ2) is 7.89. The van der Waals surface area contributed by atoms with Crippen molar-refractivity contribution < 1.29 is 22.7 Å². The van der Waals surface area contributed by atoms with Gasteiger partial charge in [0.05, 0.1) is 17.9 Å². The zero-order valence-electron chi connectivity index (χ0n) is 13.5. The number of amides is 1. The highest BCUT2D eigenvalue weighted by atomic mass is 19.4. The lowest BCUT2D eigenvalue weighted by Crippen LogP contribution is -2.37. The van der Waals surface area contributed by atoms with Crippen molar-refractivity contribution in [3.63, 3.8) is 0 Å². The second-order valence-electron chi connectivity index (χ2n) is 5.17. The third-order valence-corrected chi connectivity index (χ3v) is 3.37. The van der Waals surface area contributed by atoms with Crippen molar-refractivity contribution in [3.05, 3.63) is 59.7 Å². The van der Waals surface area contributed by atoms with E-state index in [-0.39, 0.29) is 6.61 Å². The molecule has 0 radical (unpaired) electrons. The van der Waals surface area contributed by atoms with Crippen LogP contribution in [0.15, 0.2) is 48.5 Å². The summed E-state index contributed by atoms with van der Waals surface area (Å²) in [5, 5.41) is 3.81. The third-order valence-electron chi connectivity index (χ3n) is 3.37. The number of hydrazine groups is 1. The summed E-state index contributed by atoms with van der Waals surface area (Å²) in [5.41, 5.74) is 0.923. The summed E-state index contributed by atoms with van der Waals surface area (Å²) in [6.45, 7) is 2.21. The largest absolute Gasteiger partial charge is 0.449 e. The number of nitrogens with two attached hydrogens (primary N) is 1. The summed E-state index contributed by atoms with van der Waals surface area (Å²) >= 11 is 0. The minimum absolute atomic E-state index is 0.214. The number of nitrogens with one attached hydrogen (secondary N) is 1. The number of benzene rings is 2. The molecule has 0 aliphatic rings. The second-order valence-corrected chi connectivity index (χ2v) is 5.17. The number of carbonyl (C=O) groups excluding carboxylic acids is 1. The van der Waals surface area contributed by atoms with Gasteiger partial charge in [0, 0.05) is 12.2 Å². The molecule has 2 rings (SSSR count). The van der Waals surface area contributed by atoms with Crippen molar-refractivity contribution in [2.75, 3.05) is 16.9 Å². The van der Waals surface area contributed by atoms with Crippen LogP contribution in [0.2, 0.25) is 0 Å². The molecule has 0 aliphatic heterocycles. The van der Waals surface area contributed by atoms with E-state index < -0.39 is 17.8 Å². The molecule has 0 saturated heterocycles. The van der Waals surface area contributed by atoms with E-state index in [0.29, 0.717) is 17.9 Å². The number of hydrogen-bond donors (Lipinski definition) is 2. The van der Waals surface area contributed by atoms with E-state index in [0.717, 1.165) is 22.7 Å². The van der Waals surface area contributed by atoms with Crippen LogP contribution in [0.3, 0.4) is 0 Å². The first-order valence-corrected chi connectivity index (χ1v) is 7.53. The molecule has 0 saturated carbocycles. The molecular weight excluding hydrogens is 335 g/mol. The lowest BCUT2D eigenvalue weighted by molar-refractivity contribution is -0.137. The van der Waals surface area contributed by atoms with Gasteiger partial charge in [-0.2, -0.15) is 13.2 Å². The van der Waals surface area contributed by atoms with E-state index >= 15 is 0 Å². The van der Waals surface area contributed by atoms with Crippen LogP contribution in [0.1, 0.15) is 18.1 Å². The topological polar surface area (TPSA) is 67.6 Å². The van der Waals surface area contributed by atoms with Gasteiger partial charge in [-0.3, -0.25) is 0 Å². The van der Waals surface area contributed by atoms with Crippen molar-refractivity contribution in [2.45, 2.75) is 19.6 Å². The van der Waals surface area contributed by atoms with Gasteiger partial charge in [0.25, 0.3) is 0 Å². The Morgan fingerprint density at radius 2 is 1.88 bits per heavy atom. The van der Waals surface area contributed by atoms with Gasteiger partial charge in [-0.15, -0.1) is 0 Å². The maximum absolute atomic E-state index is 12.7. The Morgan fingerprint density at radius 3 is 2.48 bits per heavy atom. The predicted octanol–water partition coefficient (Wildman–Crippen LogP) is 4.15. The molecule has 0 aromatic heterocycles. The highest BCUT2D eigenvalue weighted by Gasteiger charge is 2.30. The minimum Gasteiger partial charge on any atom is -0.449 e. The highest BCUT2D eigenvalue weighted by Crippen LogP contribution is 2.30. The summed E-state index contributed by atoms with van der Waals surface area (Å²) in [6.07, 6.45) is -5.05. The first-order valence-electron chi connectivity index (χ1n) is 7.53. The molecule has 2 aromatic rings. The van der Waals surface area contributed by atoms with E-state index in [1.807, 2.05) is 0 Å². The number of carbonyl (C=O) groups is 1. The zero-order valence-corrected chi connectivity index (χ0v) is 13.5. The maximum atomic E-state index is 12.7. The Kier molecular flexibility index (Phi) is 5.87. The van der Waals surface area contributed by atoms with Crippen LogP contribution in [0.5, 0.6) is 0 Å². The van der Waals surface area contributed by atoms with Gasteiger partial charge in [-0.1, -0.05) is 18.2 Å². The summed E-state index contributed by atoms with van der Waals surface area (Å²) < 4.78 is 42.9. The Morgan fingerprint density at radius 1 is 1.20 bits per heavy atom. The molecular formula is C17H18F3N3O2. The quantitative estimate of drug-likeness (QED) is 0.481. The van der Waals surface area contributed by atoms with Crippen molar-refractivity contribution in [1.82, 2.24) is 0 Å². The first-order chi connectivity index (χ1) is 11.8. The molecule has 2 aromatic carbocycles. The van der Waals surface area contributed by atoms with E-state index in [1.54, 1.807) is 37.3 Å². The Labute approximate surface area is 143 Å². The van der Waals surface area contributed by atoms with Gasteiger partial charge in [-0.25, -0.2) is 15.6 Å². The lowest BCUT2D eigenvalue weighted by Gasteiger charge is -2.16. The normalized spacial score (nSPS) is 11.1. The van der Waals surface area contributed by atoms with Crippen LogP contribution in [-0.2, 0) is 17.5 Å². The van der Waals surface area contributed by atoms with Crippen molar-refractivity contribution >= 4 is 17.5 Å². The van der Waals surface area contributed by atoms with Crippen LogP contribution in [0.4, 0.5) is 29.3 Å². The molecule has 0 heterocycles. The molecule has 0 bridgehead atoms. The molecule has 1 amide bonds. The number of alkyl halides is 3. The molecule has 25 heavy (non-hydrogen) atoms. The average Bonchev–Trinajstić information content (AvgIpc) is 2.59. The standard InChI is InChI=1S/C17H18F3N3O2/c1-2-25-16(24)23(21)15-8-6-12(7-9-15)11-22-14-5-3-4-13(10-14)17(18,19)20/h3-10,22H,2,11,21H2,1H3. The van der Waals surface area contributed by atoms with E-state index in [1.165, 1.54) is 6.07 Å². The monoisotopic (exact) mass is 353 g/mol. The molecule has 0 aliphatic carbocycles. The summed E-state index contributed by atoms with van der Waals surface area (Å²) in [5.74, 6) is 5.63. The smallest absolute Gasteiger partial charge is 0.428 e. The van der Waals surface area contributed by atoms with Crippen molar-refractivity contribution in [1.29, 1.82) is 0 Å². The molecule has 3 N–H and O–H groups in total. The number of nitrogens with zero attached hydrogens (tertiary/aromatic N) is 1. The number of hydrogen-bond acceptors (Lipinski definition) is 4. The summed E-state index contributed by atoms with van der Waals surface area (Å²) in [7, 11) is 0. The molecule has 0 fully saturated rings. The van der Waals surface area contributed by atoms with Gasteiger partial charge < -0.3 is 10.1 Å². The molecule has 134 valence electrons. The molecule has 5 nitrogen and oxygen atoms in total. The number of halogens is 3. The lowest BCUT2D eigenvalue weighted by atomic mass is 10.1. The van der Waals surface area contributed by atoms with Crippen LogP contribution >= 0.6 is 0 Å². The van der Waals surface area contributed by atoms with Crippen LogP contribution in [0.25, 0.3) is 0 Å². The Bertz CT molecular complexity index is 718. The van der Waals surface area contributed by atoms with Crippen LogP contribution in [0, 0.1) is 0 Å². The summed E-state index contributed by atoms with van der Waals surface area (Å²) in [6, 6.07) is 11.7. The predicted molar refractivity (Wildman–Crippen MR) is 88.9 cm³/mol. The first kappa shape index (κ1) is 18.6. The SMILES string of the molecule is CCOC(=O)N(N)c1ccc(CNc2cccc(C(F)(F)F)c2)cc1. The van der Waals surface area contributed by atoms with Gasteiger partial charge >= 0.3 is 12.3 Å². The zero-order chi connectivity index (χ0) is 18.4. The fourth-order valence-electron chi connectivity index (χ4n) is 2.08. The molecule has 0 atom stereocenters. The number of anilines is 2. The van der Waals surface area contributed by atoms with Crippen LogP contribution < -0.4 is 16.2 Å². The maximum Gasteiger partial charge on any atom is 0.428 e. The minimum atomic E-state index is -4.38. The molecule has 0 unspecified atom stereocenters. The average molecular weight is 353 g/mol. The van der Waals surface area contributed by atoms with Gasteiger partial charge in [-0.05, 0) is 42.8 Å². The van der Waals surface area contributed by atoms with Gasteiger partial charge in [0.2, 0.25) is 0 Å². The fourth-order valence-corrected chi connectivity index (χ4v) is 2.08. The van der Waals surface area contributed by atoms with Gasteiger partial charge in [0.1, 0.15) is 0 Å². The Hall–Kier alpha value is -2.74. The molecule has 0 spiro atoms. The third kappa shape index (κ3) is 5.12. The van der Waals surface area contributed by atoms with E-state index in [9.17, 15) is 18.0 Å².